The smallest absolute Gasteiger partial charge is 0.337 e. The number of nitrogens with zero attached hydrogens (tertiary/aromatic N) is 1. The zero-order valence-corrected chi connectivity index (χ0v) is 23.4. The molecule has 3 aromatic rings. The fraction of sp³-hybridized carbons (Fsp3) is 0.172. The van der Waals surface area contributed by atoms with Crippen LogP contribution in [-0.2, 0) is 14.3 Å². The molecule has 0 aliphatic rings. The molecule has 40 heavy (non-hydrogen) atoms. The van der Waals surface area contributed by atoms with E-state index in [0.29, 0.717) is 27.5 Å². The Bertz CT molecular complexity index is 1500. The summed E-state index contributed by atoms with van der Waals surface area (Å²) in [5.41, 5.74) is 2.27. The van der Waals surface area contributed by atoms with Gasteiger partial charge in [-0.25, -0.2) is 4.79 Å². The summed E-state index contributed by atoms with van der Waals surface area (Å²) < 4.78 is 15.9. The first kappa shape index (κ1) is 30.0. The first-order valence-electron chi connectivity index (χ1n) is 11.9. The molecular weight excluding hydrogens is 557 g/mol. The number of esters is 1. The lowest BCUT2D eigenvalue weighted by Gasteiger charge is -2.15. The summed E-state index contributed by atoms with van der Waals surface area (Å²) in [6.45, 7) is 3.52. The molecule has 0 atom stereocenters. The molecule has 0 aliphatic heterocycles. The van der Waals surface area contributed by atoms with E-state index in [2.05, 4.69) is 15.4 Å². The minimum atomic E-state index is -0.671. The van der Waals surface area contributed by atoms with Crippen molar-refractivity contribution in [3.8, 4) is 17.6 Å². The maximum Gasteiger partial charge on any atom is 0.337 e. The number of hydrogen-bond acceptors (Lipinski definition) is 7. The Morgan fingerprint density at radius 2 is 1.65 bits per heavy atom. The molecule has 0 saturated heterocycles. The molecule has 0 heterocycles. The number of carbonyl (C=O) groups is 3. The average molecular weight is 582 g/mol. The van der Waals surface area contributed by atoms with Crippen molar-refractivity contribution in [3.05, 3.63) is 86.9 Å². The highest BCUT2D eigenvalue weighted by molar-refractivity contribution is 6.32. The molecule has 0 spiro atoms. The molecule has 0 aromatic heterocycles. The molecule has 2 amide bonds. The van der Waals surface area contributed by atoms with E-state index in [1.807, 2.05) is 13.0 Å². The predicted octanol–water partition coefficient (Wildman–Crippen LogP) is 6.05. The number of anilines is 2. The van der Waals surface area contributed by atoms with Crippen LogP contribution in [0.3, 0.4) is 0 Å². The van der Waals surface area contributed by atoms with Crippen LogP contribution in [0.1, 0.15) is 28.4 Å². The van der Waals surface area contributed by atoms with Crippen LogP contribution in [0.15, 0.2) is 60.2 Å². The molecule has 3 rings (SSSR count). The van der Waals surface area contributed by atoms with Crippen LogP contribution in [0.5, 0.6) is 11.5 Å². The van der Waals surface area contributed by atoms with Gasteiger partial charge in [-0.3, -0.25) is 9.59 Å². The molecule has 11 heteroatoms. The fourth-order valence-electron chi connectivity index (χ4n) is 3.40. The van der Waals surface area contributed by atoms with Crippen LogP contribution in [0.4, 0.5) is 11.4 Å². The van der Waals surface area contributed by atoms with Gasteiger partial charge in [0.25, 0.3) is 11.8 Å². The number of nitriles is 1. The Labute approximate surface area is 241 Å². The first-order valence-corrected chi connectivity index (χ1v) is 12.7. The van der Waals surface area contributed by atoms with Crippen LogP contribution >= 0.6 is 23.2 Å². The number of halogens is 2. The second kappa shape index (κ2) is 14.0. The monoisotopic (exact) mass is 581 g/mol. The van der Waals surface area contributed by atoms with Gasteiger partial charge in [-0.1, -0.05) is 29.3 Å². The van der Waals surface area contributed by atoms with E-state index in [9.17, 15) is 19.6 Å². The maximum absolute atomic E-state index is 12.7. The molecule has 0 radical (unpaired) electrons. The lowest BCUT2D eigenvalue weighted by molar-refractivity contribution is -0.118. The normalized spacial score (nSPS) is 10.8. The number of nitrogens with one attached hydrogen (secondary N) is 2. The Morgan fingerprint density at radius 1 is 0.950 bits per heavy atom. The minimum Gasteiger partial charge on any atom is -0.490 e. The highest BCUT2D eigenvalue weighted by atomic mass is 35.5. The summed E-state index contributed by atoms with van der Waals surface area (Å²) in [6.07, 6.45) is 1.34. The number of benzene rings is 3. The van der Waals surface area contributed by atoms with Gasteiger partial charge in [-0.05, 0) is 79.6 Å². The van der Waals surface area contributed by atoms with E-state index in [1.54, 1.807) is 25.1 Å². The third-order valence-corrected chi connectivity index (χ3v) is 6.06. The molecule has 0 bridgehead atoms. The summed E-state index contributed by atoms with van der Waals surface area (Å²) in [5.74, 6) is -1.27. The molecule has 9 nitrogen and oxygen atoms in total. The van der Waals surface area contributed by atoms with E-state index in [-0.39, 0.29) is 35.3 Å². The van der Waals surface area contributed by atoms with Gasteiger partial charge in [-0.2, -0.15) is 5.26 Å². The van der Waals surface area contributed by atoms with Crippen molar-refractivity contribution in [2.75, 3.05) is 31.0 Å². The first-order chi connectivity index (χ1) is 19.1. The molecular formula is C29H25Cl2N3O6. The maximum atomic E-state index is 12.7. The molecule has 206 valence electrons. The number of rotatable bonds is 10. The quantitative estimate of drug-likeness (QED) is 0.169. The Balaban J connectivity index is 1.75. The van der Waals surface area contributed by atoms with Crippen molar-refractivity contribution in [3.63, 3.8) is 0 Å². The number of aryl methyl sites for hydroxylation is 1. The summed E-state index contributed by atoms with van der Waals surface area (Å²) in [6, 6.07) is 16.0. The summed E-state index contributed by atoms with van der Waals surface area (Å²) in [7, 11) is 1.27. The highest BCUT2D eigenvalue weighted by Gasteiger charge is 2.16. The van der Waals surface area contributed by atoms with Crippen molar-refractivity contribution in [1.82, 2.24) is 0 Å². The number of hydrogen-bond donors (Lipinski definition) is 2. The summed E-state index contributed by atoms with van der Waals surface area (Å²) >= 11 is 12.5. The Kier molecular flexibility index (Phi) is 10.5. The van der Waals surface area contributed by atoms with Crippen molar-refractivity contribution in [2.24, 2.45) is 0 Å². The third kappa shape index (κ3) is 7.99. The zero-order valence-electron chi connectivity index (χ0n) is 21.8. The fourth-order valence-corrected chi connectivity index (χ4v) is 3.86. The molecule has 0 aliphatic carbocycles. The number of ether oxygens (including phenoxy) is 3. The molecule has 2 N–H and O–H groups in total. The SMILES string of the molecule is CCOc1cc(/C=C(/C#N)C(=O)Nc2ccc(C(=O)OC)cc2)cc(Cl)c1OCC(=O)Nc1ccc(C)c(Cl)c1. The predicted molar refractivity (Wildman–Crippen MR) is 153 cm³/mol. The summed E-state index contributed by atoms with van der Waals surface area (Å²) in [5, 5.41) is 15.5. The lowest BCUT2D eigenvalue weighted by Crippen LogP contribution is -2.20. The topological polar surface area (TPSA) is 127 Å². The number of amides is 2. The summed E-state index contributed by atoms with van der Waals surface area (Å²) in [4.78, 5) is 36.7. The van der Waals surface area contributed by atoms with Gasteiger partial charge >= 0.3 is 5.97 Å². The molecule has 3 aromatic carbocycles. The van der Waals surface area contributed by atoms with Crippen LogP contribution < -0.4 is 20.1 Å². The molecule has 0 saturated carbocycles. The van der Waals surface area contributed by atoms with Crippen LogP contribution in [0.25, 0.3) is 6.08 Å². The van der Waals surface area contributed by atoms with Gasteiger partial charge < -0.3 is 24.8 Å². The second-order valence-corrected chi connectivity index (χ2v) is 9.07. The van der Waals surface area contributed by atoms with Gasteiger partial charge in [0.05, 0.1) is 24.3 Å². The zero-order chi connectivity index (χ0) is 29.2. The highest BCUT2D eigenvalue weighted by Crippen LogP contribution is 2.37. The number of carbonyl (C=O) groups excluding carboxylic acids is 3. The van der Waals surface area contributed by atoms with E-state index < -0.39 is 17.8 Å². The molecule has 0 fully saturated rings. The van der Waals surface area contributed by atoms with E-state index >= 15 is 0 Å². The van der Waals surface area contributed by atoms with Crippen molar-refractivity contribution >= 4 is 58.4 Å². The lowest BCUT2D eigenvalue weighted by atomic mass is 10.1. The molecule has 0 unspecified atom stereocenters. The third-order valence-electron chi connectivity index (χ3n) is 5.37. The van der Waals surface area contributed by atoms with E-state index in [4.69, 9.17) is 32.7 Å². The van der Waals surface area contributed by atoms with Crippen molar-refractivity contribution < 1.29 is 28.6 Å². The van der Waals surface area contributed by atoms with Crippen LogP contribution in [0.2, 0.25) is 10.0 Å². The van der Waals surface area contributed by atoms with Gasteiger partial charge in [0.2, 0.25) is 0 Å². The van der Waals surface area contributed by atoms with Crippen molar-refractivity contribution in [1.29, 1.82) is 5.26 Å². The Morgan fingerprint density at radius 3 is 2.27 bits per heavy atom. The van der Waals surface area contributed by atoms with Gasteiger partial charge in [-0.15, -0.1) is 0 Å². The van der Waals surface area contributed by atoms with Crippen molar-refractivity contribution in [2.45, 2.75) is 13.8 Å². The van der Waals surface area contributed by atoms with E-state index in [1.165, 1.54) is 49.6 Å². The number of methoxy groups -OCH3 is 1. The second-order valence-electron chi connectivity index (χ2n) is 8.26. The standard InChI is InChI=1S/C29H25Cl2N3O6/c1-4-39-25-13-18(11-20(15-32)28(36)34-21-9-6-19(7-10-21)29(37)38-3)12-24(31)27(25)40-16-26(35)33-22-8-5-17(2)23(30)14-22/h5-14H,4,16H2,1-3H3,(H,33,35)(H,34,36)/b20-11-. The van der Waals surface area contributed by atoms with Gasteiger partial charge in [0.1, 0.15) is 11.6 Å². The van der Waals surface area contributed by atoms with Gasteiger partial charge in [0.15, 0.2) is 18.1 Å². The Hall–Kier alpha value is -4.52. The largest absolute Gasteiger partial charge is 0.490 e. The average Bonchev–Trinajstić information content (AvgIpc) is 2.93. The van der Waals surface area contributed by atoms with E-state index in [0.717, 1.165) is 5.56 Å². The van der Waals surface area contributed by atoms with Gasteiger partial charge in [0, 0.05) is 16.4 Å². The van der Waals surface area contributed by atoms with Crippen LogP contribution in [0, 0.1) is 18.3 Å². The minimum absolute atomic E-state index is 0.111. The van der Waals surface area contributed by atoms with Crippen LogP contribution in [-0.4, -0.2) is 38.1 Å².